The zero-order valence-corrected chi connectivity index (χ0v) is 27.7. The Hall–Kier alpha value is -3.96. The van der Waals surface area contributed by atoms with E-state index in [1.807, 2.05) is 72.8 Å². The molecule has 0 saturated carbocycles. The highest BCUT2D eigenvalue weighted by atomic mass is 35.5. The number of ether oxygens (including phenoxy) is 1. The van der Waals surface area contributed by atoms with Gasteiger partial charge in [-0.05, 0) is 53.8 Å². The molecule has 6 rings (SSSR count). The number of nitrogens with one attached hydrogen (secondary N) is 5. The molecule has 3 aromatic rings. The largest absolute Gasteiger partial charge is 0.481 e. The minimum Gasteiger partial charge on any atom is -0.481 e. The van der Waals surface area contributed by atoms with Crippen molar-refractivity contribution in [3.8, 4) is 5.88 Å². The van der Waals surface area contributed by atoms with E-state index in [0.717, 1.165) is 29.5 Å². The standard InChI is InChI=1S/C35H39Cl2N7O3/c1-47-33-25(20-39-22-27-11-14-32(46)42-27)9-12-29(43-33)34(16-5-8-28(35(34,36)37)24-6-3-2-4-7-24)44-30-18-23(15-17-40-30)19-38-21-26-10-13-31(45)41-26/h2-9,12,15-18,26-27,38-39H,10-11,13-14,19-22H2,1H3,(H,40,44)(H,41,45)(H,42,46). The second-order valence-electron chi connectivity index (χ2n) is 12.1. The van der Waals surface area contributed by atoms with Crippen molar-refractivity contribution in [1.29, 1.82) is 0 Å². The van der Waals surface area contributed by atoms with Crippen LogP contribution in [0.2, 0.25) is 0 Å². The molecule has 1 aromatic carbocycles. The number of carbonyl (C=O) groups excluding carboxylic acids is 2. The van der Waals surface area contributed by atoms with Gasteiger partial charge in [-0.3, -0.25) is 9.59 Å². The summed E-state index contributed by atoms with van der Waals surface area (Å²) in [5, 5.41) is 16.4. The number of alkyl halides is 2. The molecule has 2 saturated heterocycles. The predicted molar refractivity (Wildman–Crippen MR) is 184 cm³/mol. The number of hydrogen-bond donors (Lipinski definition) is 5. The molecule has 3 aliphatic rings. The van der Waals surface area contributed by atoms with Crippen molar-refractivity contribution in [2.75, 3.05) is 25.5 Å². The van der Waals surface area contributed by atoms with Crippen molar-refractivity contribution in [2.45, 2.75) is 60.7 Å². The van der Waals surface area contributed by atoms with Crippen LogP contribution >= 0.6 is 23.2 Å². The Bertz CT molecular complexity index is 1670. The molecule has 0 bridgehead atoms. The molecule has 5 N–H and O–H groups in total. The van der Waals surface area contributed by atoms with Gasteiger partial charge in [-0.1, -0.05) is 71.8 Å². The summed E-state index contributed by atoms with van der Waals surface area (Å²) in [5.74, 6) is 1.18. The lowest BCUT2D eigenvalue weighted by Crippen LogP contribution is -2.51. The fraction of sp³-hybridized carbons (Fsp3) is 0.371. The van der Waals surface area contributed by atoms with E-state index in [4.69, 9.17) is 32.9 Å². The highest BCUT2D eigenvalue weighted by Gasteiger charge is 2.54. The molecule has 1 aliphatic carbocycles. The van der Waals surface area contributed by atoms with Crippen molar-refractivity contribution in [2.24, 2.45) is 0 Å². The lowest BCUT2D eigenvalue weighted by molar-refractivity contribution is -0.120. The average Bonchev–Trinajstić information content (AvgIpc) is 3.69. The summed E-state index contributed by atoms with van der Waals surface area (Å²) in [6, 6.07) is 17.8. The molecule has 0 radical (unpaired) electrons. The van der Waals surface area contributed by atoms with Crippen LogP contribution in [-0.2, 0) is 28.2 Å². The summed E-state index contributed by atoms with van der Waals surface area (Å²) in [4.78, 5) is 32.8. The maximum atomic E-state index is 11.6. The third kappa shape index (κ3) is 7.31. The number of allylic oxidation sites excluding steroid dienone is 2. The van der Waals surface area contributed by atoms with E-state index in [0.29, 0.717) is 62.0 Å². The molecule has 12 heteroatoms. The number of rotatable bonds is 13. The van der Waals surface area contributed by atoms with Crippen LogP contribution in [0.25, 0.3) is 5.57 Å². The highest BCUT2D eigenvalue weighted by Crippen LogP contribution is 2.54. The SMILES string of the molecule is COc1nc(C2(Nc3cc(CNCC4CCC(=O)N4)ccn3)C=CC=C(c3ccccc3)C2(Cl)Cl)ccc1CNCC1CCC(=O)N1. The maximum Gasteiger partial charge on any atom is 0.220 e. The number of amides is 2. The third-order valence-electron chi connectivity index (χ3n) is 8.81. The molecule has 2 aromatic heterocycles. The number of nitrogens with zero attached hydrogens (tertiary/aromatic N) is 2. The molecule has 10 nitrogen and oxygen atoms in total. The van der Waals surface area contributed by atoms with Gasteiger partial charge < -0.3 is 31.3 Å². The number of carbonyl (C=O) groups is 2. The summed E-state index contributed by atoms with van der Waals surface area (Å²) in [5.41, 5.74) is 2.74. The number of pyridine rings is 2. The average molecular weight is 677 g/mol. The summed E-state index contributed by atoms with van der Waals surface area (Å²) < 4.78 is 4.25. The van der Waals surface area contributed by atoms with Crippen LogP contribution < -0.4 is 31.3 Å². The van der Waals surface area contributed by atoms with Crippen LogP contribution in [0.3, 0.4) is 0 Å². The van der Waals surface area contributed by atoms with Crippen molar-refractivity contribution in [3.05, 3.63) is 101 Å². The van der Waals surface area contributed by atoms with Crippen molar-refractivity contribution in [3.63, 3.8) is 0 Å². The van der Waals surface area contributed by atoms with Crippen molar-refractivity contribution >= 4 is 46.4 Å². The van der Waals surface area contributed by atoms with Gasteiger partial charge in [0.25, 0.3) is 0 Å². The summed E-state index contributed by atoms with van der Waals surface area (Å²) >= 11 is 14.9. The second kappa shape index (κ2) is 14.4. The summed E-state index contributed by atoms with van der Waals surface area (Å²) in [6.45, 7) is 2.42. The van der Waals surface area contributed by atoms with Gasteiger partial charge in [0.1, 0.15) is 11.4 Å². The van der Waals surface area contributed by atoms with Gasteiger partial charge in [-0.15, -0.1) is 0 Å². The van der Waals surface area contributed by atoms with Crippen LogP contribution in [0, 0.1) is 0 Å². The van der Waals surface area contributed by atoms with E-state index in [1.165, 1.54) is 0 Å². The quantitative estimate of drug-likeness (QED) is 0.169. The first kappa shape index (κ1) is 33.0. The zero-order valence-electron chi connectivity index (χ0n) is 26.2. The zero-order chi connectivity index (χ0) is 32.9. The van der Waals surface area contributed by atoms with Crippen LogP contribution in [0.1, 0.15) is 48.1 Å². The number of hydrogen-bond acceptors (Lipinski definition) is 8. The van der Waals surface area contributed by atoms with Crippen LogP contribution in [-0.4, -0.2) is 58.4 Å². The minimum atomic E-state index is -1.53. The molecule has 3 unspecified atom stereocenters. The van der Waals surface area contributed by atoms with Gasteiger partial charge in [-0.25, -0.2) is 9.97 Å². The first-order valence-electron chi connectivity index (χ1n) is 15.9. The number of anilines is 1. The van der Waals surface area contributed by atoms with E-state index in [9.17, 15) is 9.59 Å². The third-order valence-corrected chi connectivity index (χ3v) is 9.81. The molecule has 2 aliphatic heterocycles. The molecule has 246 valence electrons. The van der Waals surface area contributed by atoms with Crippen LogP contribution in [0.5, 0.6) is 5.88 Å². The molecule has 4 heterocycles. The van der Waals surface area contributed by atoms with Gasteiger partial charge >= 0.3 is 0 Å². The normalized spacial score (nSPS) is 23.3. The molecule has 2 amide bonds. The first-order valence-corrected chi connectivity index (χ1v) is 16.6. The Morgan fingerprint density at radius 2 is 1.64 bits per heavy atom. The Morgan fingerprint density at radius 1 is 0.936 bits per heavy atom. The Morgan fingerprint density at radius 3 is 2.30 bits per heavy atom. The lowest BCUT2D eigenvalue weighted by Gasteiger charge is -2.44. The van der Waals surface area contributed by atoms with Crippen LogP contribution in [0.15, 0.2) is 79.0 Å². The molecule has 0 spiro atoms. The van der Waals surface area contributed by atoms with Gasteiger partial charge in [0, 0.05) is 62.9 Å². The monoisotopic (exact) mass is 675 g/mol. The number of halogens is 2. The van der Waals surface area contributed by atoms with Crippen molar-refractivity contribution < 1.29 is 14.3 Å². The Balaban J connectivity index is 1.28. The Kier molecular flexibility index (Phi) is 10.1. The van der Waals surface area contributed by atoms with Gasteiger partial charge in [-0.2, -0.15) is 0 Å². The number of benzene rings is 1. The van der Waals surface area contributed by atoms with Crippen molar-refractivity contribution in [1.82, 2.24) is 31.2 Å². The van der Waals surface area contributed by atoms with E-state index < -0.39 is 9.87 Å². The molecule has 3 atom stereocenters. The van der Waals surface area contributed by atoms with E-state index in [1.54, 1.807) is 13.3 Å². The van der Waals surface area contributed by atoms with Gasteiger partial charge in [0.15, 0.2) is 4.33 Å². The topological polar surface area (TPSA) is 129 Å². The summed E-state index contributed by atoms with van der Waals surface area (Å²) in [7, 11) is 1.59. The predicted octanol–water partition coefficient (Wildman–Crippen LogP) is 4.36. The van der Waals surface area contributed by atoms with E-state index in [-0.39, 0.29) is 23.9 Å². The molecule has 2 fully saturated rings. The lowest BCUT2D eigenvalue weighted by atomic mass is 9.79. The first-order chi connectivity index (χ1) is 22.8. The smallest absolute Gasteiger partial charge is 0.220 e. The molecular formula is C35H39Cl2N7O3. The minimum absolute atomic E-state index is 0.0867. The van der Waals surface area contributed by atoms with Crippen LogP contribution in [0.4, 0.5) is 5.82 Å². The summed E-state index contributed by atoms with van der Waals surface area (Å²) in [6.07, 6.45) is 10.3. The van der Waals surface area contributed by atoms with E-state index >= 15 is 0 Å². The Labute approximate surface area is 284 Å². The molecular weight excluding hydrogens is 637 g/mol. The second-order valence-corrected chi connectivity index (χ2v) is 13.4. The molecule has 47 heavy (non-hydrogen) atoms. The number of aromatic nitrogens is 2. The van der Waals surface area contributed by atoms with Gasteiger partial charge in [0.2, 0.25) is 17.7 Å². The fourth-order valence-corrected chi connectivity index (χ4v) is 7.08. The highest BCUT2D eigenvalue weighted by molar-refractivity contribution is 6.55. The van der Waals surface area contributed by atoms with E-state index in [2.05, 4.69) is 31.6 Å². The fourth-order valence-electron chi connectivity index (χ4n) is 6.32. The number of methoxy groups -OCH3 is 1. The van der Waals surface area contributed by atoms with Gasteiger partial charge in [0.05, 0.1) is 12.8 Å². The maximum absolute atomic E-state index is 11.6.